The van der Waals surface area contributed by atoms with Crippen molar-refractivity contribution in [1.29, 1.82) is 0 Å². The number of aryl methyl sites for hydroxylation is 1. The molecule has 1 rings (SSSR count). The fraction of sp³-hybridized carbons (Fsp3) is 0.500. The van der Waals surface area contributed by atoms with Gasteiger partial charge in [0.1, 0.15) is 6.33 Å². The Bertz CT molecular complexity index is 336. The van der Waals surface area contributed by atoms with Crippen molar-refractivity contribution in [2.75, 3.05) is 6.61 Å². The molecule has 1 aromatic rings. The third-order valence-corrected chi connectivity index (χ3v) is 1.66. The molecule has 6 heteroatoms. The molecule has 0 aliphatic heterocycles. The third-order valence-electron chi connectivity index (χ3n) is 1.66. The summed E-state index contributed by atoms with van der Waals surface area (Å²) in [6.07, 6.45) is 0.923. The Labute approximate surface area is 79.5 Å². The lowest BCUT2D eigenvalue weighted by atomic mass is 10.3. The number of esters is 1. The number of hydrogen-bond acceptors (Lipinski definition) is 3. The van der Waals surface area contributed by atoms with Gasteiger partial charge in [0.2, 0.25) is 0 Å². The van der Waals surface area contributed by atoms with E-state index in [4.69, 9.17) is 0 Å². The van der Waals surface area contributed by atoms with E-state index < -0.39 is 12.5 Å². The number of alkyl halides is 2. The molecule has 4 nitrogen and oxygen atoms in total. The second-order valence-corrected chi connectivity index (χ2v) is 2.58. The number of ether oxygens (including phenoxy) is 1. The van der Waals surface area contributed by atoms with Crippen LogP contribution in [0.3, 0.4) is 0 Å². The van der Waals surface area contributed by atoms with Crippen LogP contribution in [0.15, 0.2) is 6.33 Å². The number of hydrogen-bond donors (Lipinski definition) is 0. The van der Waals surface area contributed by atoms with Crippen LogP contribution in [0, 0.1) is 6.92 Å². The number of aromatic nitrogens is 2. The van der Waals surface area contributed by atoms with Crippen molar-refractivity contribution in [2.24, 2.45) is 0 Å². The first-order chi connectivity index (χ1) is 6.57. The first-order valence-corrected chi connectivity index (χ1v) is 4.06. The van der Waals surface area contributed by atoms with Gasteiger partial charge in [-0.15, -0.1) is 0 Å². The summed E-state index contributed by atoms with van der Waals surface area (Å²) in [6.45, 7) is 0.448. The van der Waals surface area contributed by atoms with Crippen LogP contribution in [0.1, 0.15) is 29.7 Å². The summed E-state index contributed by atoms with van der Waals surface area (Å²) in [5.41, 5.74) is 0.0469. The molecule has 0 saturated heterocycles. The van der Waals surface area contributed by atoms with Crippen molar-refractivity contribution in [3.8, 4) is 0 Å². The molecule has 0 amide bonds. The maximum Gasteiger partial charge on any atom is 0.357 e. The van der Waals surface area contributed by atoms with Crippen molar-refractivity contribution in [2.45, 2.75) is 20.4 Å². The summed E-state index contributed by atoms with van der Waals surface area (Å²) in [6, 6.07) is 0. The van der Waals surface area contributed by atoms with Gasteiger partial charge in [0.25, 0.3) is 0 Å². The SMILES string of the molecule is CCOC(=O)c1c(C)ncn1C(F)F. The summed E-state index contributed by atoms with van der Waals surface area (Å²) in [7, 11) is 0. The Morgan fingerprint density at radius 3 is 2.86 bits per heavy atom. The number of rotatable bonds is 3. The van der Waals surface area contributed by atoms with Crippen LogP contribution in [0.5, 0.6) is 0 Å². The minimum absolute atomic E-state index is 0.146. The summed E-state index contributed by atoms with van der Waals surface area (Å²) in [4.78, 5) is 14.9. The summed E-state index contributed by atoms with van der Waals surface area (Å²) in [5.74, 6) is -0.775. The molecule has 14 heavy (non-hydrogen) atoms. The van der Waals surface area contributed by atoms with E-state index in [9.17, 15) is 13.6 Å². The molecule has 0 aliphatic rings. The molecule has 0 fully saturated rings. The van der Waals surface area contributed by atoms with Gasteiger partial charge in [0.15, 0.2) is 5.69 Å². The van der Waals surface area contributed by atoms with E-state index in [0.29, 0.717) is 4.57 Å². The van der Waals surface area contributed by atoms with Crippen molar-refractivity contribution in [1.82, 2.24) is 9.55 Å². The van der Waals surface area contributed by atoms with Gasteiger partial charge in [0, 0.05) is 0 Å². The quantitative estimate of drug-likeness (QED) is 0.704. The lowest BCUT2D eigenvalue weighted by Crippen LogP contribution is -2.13. The highest BCUT2D eigenvalue weighted by molar-refractivity contribution is 5.88. The zero-order valence-corrected chi connectivity index (χ0v) is 7.83. The Kier molecular flexibility index (Phi) is 3.16. The van der Waals surface area contributed by atoms with E-state index in [2.05, 4.69) is 9.72 Å². The zero-order valence-electron chi connectivity index (χ0n) is 7.83. The number of carbonyl (C=O) groups is 1. The average Bonchev–Trinajstić information content (AvgIpc) is 2.47. The van der Waals surface area contributed by atoms with Gasteiger partial charge in [-0.25, -0.2) is 9.78 Å². The van der Waals surface area contributed by atoms with Gasteiger partial charge < -0.3 is 4.74 Å². The molecule has 0 N–H and O–H groups in total. The monoisotopic (exact) mass is 204 g/mol. The van der Waals surface area contributed by atoms with Crippen molar-refractivity contribution >= 4 is 5.97 Å². The maximum absolute atomic E-state index is 12.4. The van der Waals surface area contributed by atoms with Crippen molar-refractivity contribution in [3.63, 3.8) is 0 Å². The van der Waals surface area contributed by atoms with Crippen LogP contribution in [-0.2, 0) is 4.74 Å². The highest BCUT2D eigenvalue weighted by atomic mass is 19.3. The van der Waals surface area contributed by atoms with E-state index in [1.807, 2.05) is 0 Å². The summed E-state index contributed by atoms with van der Waals surface area (Å²) >= 11 is 0. The predicted octanol–water partition coefficient (Wildman–Crippen LogP) is 1.76. The summed E-state index contributed by atoms with van der Waals surface area (Å²) in [5, 5.41) is 0. The molecule has 0 unspecified atom stereocenters. The molecule has 1 aromatic heterocycles. The van der Waals surface area contributed by atoms with Gasteiger partial charge in [-0.1, -0.05) is 0 Å². The first-order valence-electron chi connectivity index (χ1n) is 4.06. The first kappa shape index (κ1) is 10.6. The molecule has 0 atom stereocenters. The van der Waals surface area contributed by atoms with E-state index in [0.717, 1.165) is 6.33 Å². The topological polar surface area (TPSA) is 44.1 Å². The fourth-order valence-corrected chi connectivity index (χ4v) is 1.06. The van der Waals surface area contributed by atoms with E-state index in [-0.39, 0.29) is 18.0 Å². The largest absolute Gasteiger partial charge is 0.461 e. The molecule has 0 bridgehead atoms. The van der Waals surface area contributed by atoms with Gasteiger partial charge in [-0.3, -0.25) is 4.57 Å². The Balaban J connectivity index is 3.04. The molecule has 1 heterocycles. The highest BCUT2D eigenvalue weighted by Gasteiger charge is 2.21. The number of imidazole rings is 1. The molecule has 0 spiro atoms. The van der Waals surface area contributed by atoms with E-state index >= 15 is 0 Å². The molecule has 78 valence electrons. The van der Waals surface area contributed by atoms with E-state index in [1.165, 1.54) is 6.92 Å². The van der Waals surface area contributed by atoms with Crippen LogP contribution in [0.4, 0.5) is 8.78 Å². The van der Waals surface area contributed by atoms with Crippen LogP contribution in [0.2, 0.25) is 0 Å². The minimum atomic E-state index is -2.78. The molecule has 0 saturated carbocycles. The maximum atomic E-state index is 12.4. The minimum Gasteiger partial charge on any atom is -0.461 e. The third kappa shape index (κ3) is 1.89. The Hall–Kier alpha value is -1.46. The van der Waals surface area contributed by atoms with Crippen LogP contribution in [0.25, 0.3) is 0 Å². The lowest BCUT2D eigenvalue weighted by Gasteiger charge is -2.06. The zero-order chi connectivity index (χ0) is 10.7. The molecular formula is C8H10F2N2O2. The van der Waals surface area contributed by atoms with Crippen LogP contribution in [-0.4, -0.2) is 22.1 Å². The number of nitrogens with zero attached hydrogens (tertiary/aromatic N) is 2. The van der Waals surface area contributed by atoms with Crippen molar-refractivity contribution < 1.29 is 18.3 Å². The molecule has 0 aromatic carbocycles. The van der Waals surface area contributed by atoms with Crippen LogP contribution >= 0.6 is 0 Å². The van der Waals surface area contributed by atoms with Crippen LogP contribution < -0.4 is 0 Å². The highest BCUT2D eigenvalue weighted by Crippen LogP contribution is 2.16. The second kappa shape index (κ2) is 4.17. The molecular weight excluding hydrogens is 194 g/mol. The van der Waals surface area contributed by atoms with Gasteiger partial charge >= 0.3 is 12.5 Å². The number of carbonyl (C=O) groups excluding carboxylic acids is 1. The smallest absolute Gasteiger partial charge is 0.357 e. The fourth-order valence-electron chi connectivity index (χ4n) is 1.06. The van der Waals surface area contributed by atoms with Gasteiger partial charge in [0.05, 0.1) is 12.3 Å². The van der Waals surface area contributed by atoms with Gasteiger partial charge in [-0.05, 0) is 13.8 Å². The molecule has 0 radical (unpaired) electrons. The normalized spacial score (nSPS) is 10.6. The van der Waals surface area contributed by atoms with Gasteiger partial charge in [-0.2, -0.15) is 8.78 Å². The Morgan fingerprint density at radius 1 is 1.71 bits per heavy atom. The van der Waals surface area contributed by atoms with Crippen molar-refractivity contribution in [3.05, 3.63) is 17.7 Å². The standard InChI is InChI=1S/C8H10F2N2O2/c1-3-14-7(13)6-5(2)11-4-12(6)8(9)10/h4,8H,3H2,1-2H3. The lowest BCUT2D eigenvalue weighted by molar-refractivity contribution is 0.0412. The molecule has 0 aliphatic carbocycles. The predicted molar refractivity (Wildman–Crippen MR) is 44.2 cm³/mol. The second-order valence-electron chi connectivity index (χ2n) is 2.58. The van der Waals surface area contributed by atoms with E-state index in [1.54, 1.807) is 6.92 Å². The summed E-state index contributed by atoms with van der Waals surface area (Å²) < 4.78 is 29.8. The average molecular weight is 204 g/mol. The Morgan fingerprint density at radius 2 is 2.36 bits per heavy atom. The number of halogens is 2.